The van der Waals surface area contributed by atoms with E-state index in [4.69, 9.17) is 17.2 Å². The molecule has 0 saturated carbocycles. The topological polar surface area (TPSA) is 264 Å². The molecule has 0 rings (SSSR count). The largest absolute Gasteiger partial charge is 0.480 e. The number of aliphatic hydroxyl groups excluding tert-OH is 1. The minimum absolute atomic E-state index is 0.0568. The summed E-state index contributed by atoms with van der Waals surface area (Å²) < 4.78 is 0. The summed E-state index contributed by atoms with van der Waals surface area (Å²) in [6.07, 6.45) is 0.383. The zero-order valence-electron chi connectivity index (χ0n) is 20.1. The lowest BCUT2D eigenvalue weighted by molar-refractivity contribution is -0.142. The fourth-order valence-electron chi connectivity index (χ4n) is 2.94. The number of amides is 4. The van der Waals surface area contributed by atoms with Gasteiger partial charge in [0.05, 0.1) is 12.6 Å². The molecule has 0 aromatic carbocycles. The van der Waals surface area contributed by atoms with Gasteiger partial charge in [-0.05, 0) is 45.6 Å². The van der Waals surface area contributed by atoms with Crippen molar-refractivity contribution in [2.24, 2.45) is 22.2 Å². The second-order valence-electron chi connectivity index (χ2n) is 7.89. The van der Waals surface area contributed by atoms with Gasteiger partial charge in [-0.1, -0.05) is 0 Å². The van der Waals surface area contributed by atoms with E-state index in [-0.39, 0.29) is 25.3 Å². The number of carbonyl (C=O) groups is 5. The summed E-state index contributed by atoms with van der Waals surface area (Å²) in [4.78, 5) is 63.8. The lowest BCUT2D eigenvalue weighted by atomic mass is 10.1. The van der Waals surface area contributed by atoms with Gasteiger partial charge in [0, 0.05) is 13.5 Å². The average Bonchev–Trinajstić information content (AvgIpc) is 2.76. The SMILES string of the molecule is CC(=O)N[C@H](C(=O)NCC(=O)N[C@@H](CCCCN)C(=O)N[C@@H](CCCN=C(N)N)C(=O)O)[C@@H](C)O. The summed E-state index contributed by atoms with van der Waals surface area (Å²) in [5.41, 5.74) is 15.9. The molecule has 0 heterocycles. The second-order valence-corrected chi connectivity index (χ2v) is 7.89. The molecule has 0 spiro atoms. The first kappa shape index (κ1) is 31.5. The number of hydrogen-bond donors (Lipinski definition) is 9. The van der Waals surface area contributed by atoms with Crippen molar-refractivity contribution in [3.63, 3.8) is 0 Å². The molecule has 4 amide bonds. The number of carbonyl (C=O) groups excluding carboxylic acids is 4. The molecule has 0 aliphatic carbocycles. The lowest BCUT2D eigenvalue weighted by Gasteiger charge is -2.22. The van der Waals surface area contributed by atoms with Crippen LogP contribution in [0.1, 0.15) is 46.0 Å². The number of rotatable bonds is 17. The molecular formula is C20H38N8O7. The Morgan fingerprint density at radius 1 is 0.914 bits per heavy atom. The number of nitrogens with zero attached hydrogens (tertiary/aromatic N) is 1. The molecule has 35 heavy (non-hydrogen) atoms. The Bertz CT molecular complexity index is 756. The van der Waals surface area contributed by atoms with E-state index in [9.17, 15) is 34.2 Å². The van der Waals surface area contributed by atoms with E-state index in [0.29, 0.717) is 25.8 Å². The van der Waals surface area contributed by atoms with Gasteiger partial charge in [0.25, 0.3) is 0 Å². The van der Waals surface area contributed by atoms with Gasteiger partial charge in [0.2, 0.25) is 23.6 Å². The minimum atomic E-state index is -1.26. The number of nitrogens with two attached hydrogens (primary N) is 3. The van der Waals surface area contributed by atoms with Crippen LogP contribution in [0.15, 0.2) is 4.99 Å². The van der Waals surface area contributed by atoms with Crippen LogP contribution in [0.25, 0.3) is 0 Å². The Balaban J connectivity index is 5.09. The first-order valence-electron chi connectivity index (χ1n) is 11.2. The molecule has 12 N–H and O–H groups in total. The summed E-state index contributed by atoms with van der Waals surface area (Å²) >= 11 is 0. The Labute approximate surface area is 203 Å². The summed E-state index contributed by atoms with van der Waals surface area (Å²) in [6, 6.07) is -3.57. The van der Waals surface area contributed by atoms with Crippen LogP contribution in [-0.2, 0) is 24.0 Å². The van der Waals surface area contributed by atoms with Crippen molar-refractivity contribution in [3.8, 4) is 0 Å². The fourth-order valence-corrected chi connectivity index (χ4v) is 2.94. The van der Waals surface area contributed by atoms with Gasteiger partial charge < -0.3 is 48.7 Å². The molecule has 0 aliphatic heterocycles. The molecule has 15 heteroatoms. The molecule has 0 aromatic heterocycles. The number of aliphatic carboxylic acids is 1. The van der Waals surface area contributed by atoms with Crippen molar-refractivity contribution in [1.29, 1.82) is 0 Å². The van der Waals surface area contributed by atoms with Crippen molar-refractivity contribution in [2.75, 3.05) is 19.6 Å². The monoisotopic (exact) mass is 502 g/mol. The van der Waals surface area contributed by atoms with E-state index in [0.717, 1.165) is 0 Å². The third-order valence-electron chi connectivity index (χ3n) is 4.71. The zero-order valence-corrected chi connectivity index (χ0v) is 20.1. The van der Waals surface area contributed by atoms with Gasteiger partial charge in [-0.15, -0.1) is 0 Å². The number of unbranched alkanes of at least 4 members (excludes halogenated alkanes) is 1. The van der Waals surface area contributed by atoms with Crippen LogP contribution in [0.2, 0.25) is 0 Å². The predicted molar refractivity (Wildman–Crippen MR) is 127 cm³/mol. The highest BCUT2D eigenvalue weighted by atomic mass is 16.4. The van der Waals surface area contributed by atoms with Gasteiger partial charge in [0.1, 0.15) is 18.1 Å². The third-order valence-corrected chi connectivity index (χ3v) is 4.71. The fraction of sp³-hybridized carbons (Fsp3) is 0.700. The van der Waals surface area contributed by atoms with E-state index < -0.39 is 60.4 Å². The quantitative estimate of drug-likeness (QED) is 0.0532. The summed E-state index contributed by atoms with van der Waals surface area (Å²) in [7, 11) is 0. The zero-order chi connectivity index (χ0) is 27.0. The van der Waals surface area contributed by atoms with Crippen molar-refractivity contribution >= 4 is 35.6 Å². The highest BCUT2D eigenvalue weighted by Crippen LogP contribution is 2.04. The highest BCUT2D eigenvalue weighted by molar-refractivity contribution is 5.93. The summed E-state index contributed by atoms with van der Waals surface area (Å²) in [5.74, 6) is -4.16. The Morgan fingerprint density at radius 2 is 1.54 bits per heavy atom. The standard InChI is InChI=1S/C20H38N8O7/c1-11(29)16(26-12(2)30)18(33)25-10-15(31)27-13(6-3-4-8-21)17(32)28-14(19(34)35)7-5-9-24-20(22)23/h11,13-14,16,29H,3-10,21H2,1-2H3,(H,25,33)(H,26,30)(H,27,31)(H,28,32)(H,34,35)(H4,22,23,24)/t11-,13+,14+,16+/m1/s1. The van der Waals surface area contributed by atoms with Crippen LogP contribution >= 0.6 is 0 Å². The van der Waals surface area contributed by atoms with Gasteiger partial charge in [-0.25, -0.2) is 4.79 Å². The first-order chi connectivity index (χ1) is 16.4. The maximum Gasteiger partial charge on any atom is 0.326 e. The Hall–Kier alpha value is -3.46. The van der Waals surface area contributed by atoms with Crippen LogP contribution in [-0.4, -0.2) is 89.6 Å². The molecule has 200 valence electrons. The molecular weight excluding hydrogens is 464 g/mol. The average molecular weight is 503 g/mol. The van der Waals surface area contributed by atoms with Crippen LogP contribution in [0, 0.1) is 0 Å². The number of aliphatic imine (C=N–C) groups is 1. The molecule has 0 aromatic rings. The molecule has 0 unspecified atom stereocenters. The molecule has 4 atom stereocenters. The number of guanidine groups is 1. The number of nitrogens with one attached hydrogen (secondary N) is 4. The third kappa shape index (κ3) is 14.4. The highest BCUT2D eigenvalue weighted by Gasteiger charge is 2.28. The molecule has 0 aliphatic rings. The van der Waals surface area contributed by atoms with Gasteiger partial charge in [-0.3, -0.25) is 24.2 Å². The number of carboxylic acids is 1. The number of carboxylic acid groups (broad SMARTS) is 1. The van der Waals surface area contributed by atoms with Crippen LogP contribution in [0.5, 0.6) is 0 Å². The van der Waals surface area contributed by atoms with Gasteiger partial charge >= 0.3 is 5.97 Å². The van der Waals surface area contributed by atoms with Crippen molar-refractivity contribution in [2.45, 2.75) is 70.2 Å². The second kappa shape index (κ2) is 17.0. The smallest absolute Gasteiger partial charge is 0.326 e. The summed E-state index contributed by atoms with van der Waals surface area (Å²) in [6.45, 7) is 2.48. The van der Waals surface area contributed by atoms with Crippen LogP contribution in [0.4, 0.5) is 0 Å². The Kier molecular flexibility index (Phi) is 15.4. The first-order valence-corrected chi connectivity index (χ1v) is 11.2. The van der Waals surface area contributed by atoms with Crippen molar-refractivity contribution in [1.82, 2.24) is 21.3 Å². The van der Waals surface area contributed by atoms with Gasteiger partial charge in [-0.2, -0.15) is 0 Å². The van der Waals surface area contributed by atoms with Crippen molar-refractivity contribution < 1.29 is 34.2 Å². The molecule has 0 radical (unpaired) electrons. The minimum Gasteiger partial charge on any atom is -0.480 e. The van der Waals surface area contributed by atoms with Crippen LogP contribution < -0.4 is 38.5 Å². The molecule has 0 saturated heterocycles. The van der Waals surface area contributed by atoms with E-state index in [1.165, 1.54) is 13.8 Å². The van der Waals surface area contributed by atoms with Crippen molar-refractivity contribution in [3.05, 3.63) is 0 Å². The molecule has 0 bridgehead atoms. The number of hydrogen-bond acceptors (Lipinski definition) is 8. The summed E-state index contributed by atoms with van der Waals surface area (Å²) in [5, 5.41) is 28.5. The van der Waals surface area contributed by atoms with E-state index in [2.05, 4.69) is 26.3 Å². The Morgan fingerprint density at radius 3 is 2.06 bits per heavy atom. The van der Waals surface area contributed by atoms with E-state index in [1.54, 1.807) is 0 Å². The lowest BCUT2D eigenvalue weighted by Crippen LogP contribution is -2.55. The number of aliphatic hydroxyl groups is 1. The predicted octanol–water partition coefficient (Wildman–Crippen LogP) is -3.78. The maximum absolute atomic E-state index is 12.7. The van der Waals surface area contributed by atoms with Crippen LogP contribution in [0.3, 0.4) is 0 Å². The van der Waals surface area contributed by atoms with E-state index >= 15 is 0 Å². The normalized spacial score (nSPS) is 13.9. The molecule has 0 fully saturated rings. The van der Waals surface area contributed by atoms with Gasteiger partial charge in [0.15, 0.2) is 5.96 Å². The molecule has 15 nitrogen and oxygen atoms in total. The van der Waals surface area contributed by atoms with E-state index in [1.807, 2.05) is 0 Å². The maximum atomic E-state index is 12.7.